The first-order chi connectivity index (χ1) is 24.5. The van der Waals surface area contributed by atoms with Crippen molar-refractivity contribution in [2.75, 3.05) is 0 Å². The summed E-state index contributed by atoms with van der Waals surface area (Å²) in [6.07, 6.45) is 0.808. The van der Waals surface area contributed by atoms with Crippen LogP contribution in [0, 0.1) is 11.8 Å². The molecule has 4 aromatic carbocycles. The average molecular weight is 734 g/mol. The molecule has 3 N–H and O–H groups in total. The van der Waals surface area contributed by atoms with Crippen LogP contribution in [0.5, 0.6) is 11.5 Å². The van der Waals surface area contributed by atoms with Gasteiger partial charge >= 0.3 is 5.97 Å². The molecule has 0 radical (unpaired) electrons. The fourth-order valence-corrected chi connectivity index (χ4v) is 6.21. The van der Waals surface area contributed by atoms with Crippen molar-refractivity contribution in [3.8, 4) is 22.6 Å². The summed E-state index contributed by atoms with van der Waals surface area (Å²) in [4.78, 5) is 25.3. The summed E-state index contributed by atoms with van der Waals surface area (Å²) in [5.41, 5.74) is 5.43. The van der Waals surface area contributed by atoms with Crippen LogP contribution in [0.4, 0.5) is 0 Å². The second kappa shape index (κ2) is 17.5. The zero-order valence-corrected chi connectivity index (χ0v) is 30.5. The van der Waals surface area contributed by atoms with Crippen molar-refractivity contribution < 1.29 is 28.8 Å². The minimum Gasteiger partial charge on any atom is -0.488 e. The summed E-state index contributed by atoms with van der Waals surface area (Å²) >= 11 is 13.6. The van der Waals surface area contributed by atoms with Gasteiger partial charge in [-0.25, -0.2) is 9.42 Å². The summed E-state index contributed by atoms with van der Waals surface area (Å²) in [6.45, 7) is 8.40. The largest absolute Gasteiger partial charge is 0.488 e. The monoisotopic (exact) mass is 732 g/mol. The van der Waals surface area contributed by atoms with E-state index in [0.717, 1.165) is 22.3 Å². The SMILES string of the molecule is CC(C)CC(NC(=O)C(CC(C)C)NCc1cc(Cl)c(OCc2cccc(-c3ccccc3)c2Cl)cc1OCc1ccc2nonc2c1)C(=O)O. The highest BCUT2D eigenvalue weighted by Gasteiger charge is 2.27. The molecule has 0 saturated heterocycles. The number of carboxylic acid groups (broad SMARTS) is 1. The molecule has 0 bridgehead atoms. The molecule has 0 saturated carbocycles. The number of hydrogen-bond acceptors (Lipinski definition) is 8. The van der Waals surface area contributed by atoms with Gasteiger partial charge in [-0.15, -0.1) is 0 Å². The van der Waals surface area contributed by atoms with Crippen molar-refractivity contribution in [1.82, 2.24) is 20.9 Å². The van der Waals surface area contributed by atoms with Gasteiger partial charge in [-0.2, -0.15) is 0 Å². The molecule has 5 rings (SSSR count). The Balaban J connectivity index is 1.38. The quantitative estimate of drug-likeness (QED) is 0.0860. The van der Waals surface area contributed by atoms with Crippen molar-refractivity contribution in [2.45, 2.75) is 72.4 Å². The van der Waals surface area contributed by atoms with E-state index in [2.05, 4.69) is 20.9 Å². The van der Waals surface area contributed by atoms with E-state index in [0.29, 0.717) is 51.0 Å². The lowest BCUT2D eigenvalue weighted by atomic mass is 10.0. The van der Waals surface area contributed by atoms with Crippen LogP contribution < -0.4 is 20.1 Å². The molecule has 1 aromatic heterocycles. The number of nitrogens with zero attached hydrogens (tertiary/aromatic N) is 2. The molecule has 2 unspecified atom stereocenters. The summed E-state index contributed by atoms with van der Waals surface area (Å²) in [5.74, 6) is -0.320. The van der Waals surface area contributed by atoms with Crippen molar-refractivity contribution >= 4 is 46.1 Å². The van der Waals surface area contributed by atoms with Crippen LogP contribution in [0.1, 0.15) is 57.2 Å². The first kappa shape index (κ1) is 37.6. The molecule has 10 nitrogen and oxygen atoms in total. The van der Waals surface area contributed by atoms with Gasteiger partial charge in [0, 0.05) is 29.3 Å². The number of aliphatic carboxylic acids is 1. The third-order valence-electron chi connectivity index (χ3n) is 8.26. The van der Waals surface area contributed by atoms with E-state index < -0.39 is 18.1 Å². The third kappa shape index (κ3) is 10.2. The predicted molar refractivity (Wildman–Crippen MR) is 198 cm³/mol. The maximum Gasteiger partial charge on any atom is 0.326 e. The van der Waals surface area contributed by atoms with Crippen molar-refractivity contribution in [3.63, 3.8) is 0 Å². The molecule has 0 aliphatic rings. The third-order valence-corrected chi connectivity index (χ3v) is 9.00. The fourth-order valence-electron chi connectivity index (χ4n) is 5.68. The number of carbonyl (C=O) groups excluding carboxylic acids is 1. The van der Waals surface area contributed by atoms with Crippen LogP contribution in [0.2, 0.25) is 10.0 Å². The van der Waals surface area contributed by atoms with Crippen molar-refractivity contribution in [1.29, 1.82) is 0 Å². The highest BCUT2D eigenvalue weighted by Crippen LogP contribution is 2.36. The van der Waals surface area contributed by atoms with Crippen LogP contribution in [-0.4, -0.2) is 39.4 Å². The van der Waals surface area contributed by atoms with Gasteiger partial charge in [0.25, 0.3) is 0 Å². The lowest BCUT2D eigenvalue weighted by Gasteiger charge is -2.24. The van der Waals surface area contributed by atoms with Crippen LogP contribution in [-0.2, 0) is 29.3 Å². The normalized spacial score (nSPS) is 12.6. The van der Waals surface area contributed by atoms with E-state index >= 15 is 0 Å². The number of nitrogens with one attached hydrogen (secondary N) is 2. The van der Waals surface area contributed by atoms with Gasteiger partial charge in [-0.3, -0.25) is 4.79 Å². The fraction of sp³-hybridized carbons (Fsp3) is 0.333. The van der Waals surface area contributed by atoms with E-state index in [-0.39, 0.29) is 37.5 Å². The summed E-state index contributed by atoms with van der Waals surface area (Å²) in [6, 6.07) is 23.0. The molecule has 51 heavy (non-hydrogen) atoms. The van der Waals surface area contributed by atoms with E-state index in [1.807, 2.05) is 88.4 Å². The first-order valence-electron chi connectivity index (χ1n) is 16.9. The highest BCUT2D eigenvalue weighted by atomic mass is 35.5. The molecular formula is C39H42Cl2N4O6. The number of rotatable bonds is 17. The Labute approximate surface area is 307 Å². The number of amides is 1. The van der Waals surface area contributed by atoms with Crippen LogP contribution in [0.25, 0.3) is 22.2 Å². The molecule has 12 heteroatoms. The minimum absolute atomic E-state index is 0.0931. The minimum atomic E-state index is -1.06. The average Bonchev–Trinajstić information content (AvgIpc) is 3.57. The number of ether oxygens (including phenoxy) is 2. The summed E-state index contributed by atoms with van der Waals surface area (Å²) in [5, 5.41) is 24.5. The van der Waals surface area contributed by atoms with Crippen LogP contribution in [0.15, 0.2) is 83.5 Å². The topological polar surface area (TPSA) is 136 Å². The van der Waals surface area contributed by atoms with E-state index in [1.165, 1.54) is 0 Å². The number of carboxylic acids is 1. The van der Waals surface area contributed by atoms with Crippen LogP contribution >= 0.6 is 23.2 Å². The second-order valence-corrected chi connectivity index (χ2v) is 14.1. The Morgan fingerprint density at radius 2 is 1.49 bits per heavy atom. The first-order valence-corrected chi connectivity index (χ1v) is 17.6. The second-order valence-electron chi connectivity index (χ2n) is 13.3. The summed E-state index contributed by atoms with van der Waals surface area (Å²) in [7, 11) is 0. The van der Waals surface area contributed by atoms with Crippen molar-refractivity contribution in [2.24, 2.45) is 11.8 Å². The Morgan fingerprint density at radius 3 is 2.22 bits per heavy atom. The van der Waals surface area contributed by atoms with E-state index in [9.17, 15) is 14.7 Å². The molecule has 0 aliphatic heterocycles. The number of halogens is 2. The molecule has 1 amide bonds. The standard InChI is InChI=1S/C39H42Cl2N4O6/c1-23(2)15-33(38(46)43-34(39(47)48)16-24(3)4)42-20-28-18-30(40)36(19-35(28)49-21-25-13-14-31-32(17-25)45-51-44-31)50-22-27-11-8-12-29(37(27)41)26-9-6-5-7-10-26/h5-14,17-19,23-24,33-34,42H,15-16,20-22H2,1-4H3,(H,43,46)(H,47,48). The predicted octanol–water partition coefficient (Wildman–Crippen LogP) is 8.47. The molecular weight excluding hydrogens is 691 g/mol. The van der Waals surface area contributed by atoms with Gasteiger partial charge in [0.15, 0.2) is 0 Å². The van der Waals surface area contributed by atoms with Gasteiger partial charge in [0.1, 0.15) is 41.8 Å². The maximum atomic E-state index is 13.4. The number of fused-ring (bicyclic) bond motifs is 1. The number of hydrogen-bond donors (Lipinski definition) is 3. The smallest absolute Gasteiger partial charge is 0.326 e. The maximum absolute atomic E-state index is 13.4. The Kier molecular flexibility index (Phi) is 12.9. The van der Waals surface area contributed by atoms with Gasteiger partial charge in [-0.1, -0.05) is 105 Å². The molecule has 0 fully saturated rings. The van der Waals surface area contributed by atoms with Crippen molar-refractivity contribution in [3.05, 3.63) is 106 Å². The van der Waals surface area contributed by atoms with E-state index in [4.69, 9.17) is 37.3 Å². The number of aromatic nitrogens is 2. The molecule has 268 valence electrons. The molecule has 1 heterocycles. The molecule has 2 atom stereocenters. The van der Waals surface area contributed by atoms with Gasteiger partial charge in [0.2, 0.25) is 5.91 Å². The van der Waals surface area contributed by atoms with Gasteiger partial charge in [0.05, 0.1) is 16.1 Å². The Hall–Kier alpha value is -4.64. The molecule has 0 aliphatic carbocycles. The molecule has 0 spiro atoms. The zero-order valence-electron chi connectivity index (χ0n) is 29.0. The van der Waals surface area contributed by atoms with Crippen LogP contribution in [0.3, 0.4) is 0 Å². The lowest BCUT2D eigenvalue weighted by Crippen LogP contribution is -2.50. The molecule has 5 aromatic rings. The van der Waals surface area contributed by atoms with Gasteiger partial charge < -0.3 is 25.2 Å². The lowest BCUT2D eigenvalue weighted by molar-refractivity contribution is -0.142. The number of benzene rings is 4. The Bertz CT molecular complexity index is 1950. The highest BCUT2D eigenvalue weighted by molar-refractivity contribution is 6.34. The zero-order chi connectivity index (χ0) is 36.5. The number of carbonyl (C=O) groups is 2. The van der Waals surface area contributed by atoms with Gasteiger partial charge in [-0.05, 0) is 64.3 Å². The van der Waals surface area contributed by atoms with E-state index in [1.54, 1.807) is 18.2 Å². The summed E-state index contributed by atoms with van der Waals surface area (Å²) < 4.78 is 17.4. The Morgan fingerprint density at radius 1 is 0.784 bits per heavy atom.